The van der Waals surface area contributed by atoms with Crippen molar-refractivity contribution >= 4 is 16.8 Å². The van der Waals surface area contributed by atoms with Gasteiger partial charge in [-0.05, 0) is 30.3 Å². The Morgan fingerprint density at radius 2 is 1.85 bits per heavy atom. The molecule has 3 aromatic rings. The highest BCUT2D eigenvalue weighted by Crippen LogP contribution is 2.30. The number of hydrogen-bond acceptors (Lipinski definition) is 5. The molecule has 0 saturated carbocycles. The van der Waals surface area contributed by atoms with Crippen LogP contribution in [0.4, 0.5) is 0 Å². The van der Waals surface area contributed by atoms with Crippen molar-refractivity contribution in [1.82, 2.24) is 10.3 Å². The molecule has 0 aliphatic carbocycles. The zero-order chi connectivity index (χ0) is 18.5. The molecular weight excluding hydrogens is 332 g/mol. The lowest BCUT2D eigenvalue weighted by atomic mass is 10.1. The van der Waals surface area contributed by atoms with E-state index in [1.165, 1.54) is 0 Å². The van der Waals surface area contributed by atoms with Crippen LogP contribution in [0, 0.1) is 0 Å². The summed E-state index contributed by atoms with van der Waals surface area (Å²) in [7, 11) is 4.76. The molecular formula is C20H20N2O4. The number of pyridine rings is 1. The Hall–Kier alpha value is -3.28. The molecule has 0 saturated heterocycles. The summed E-state index contributed by atoms with van der Waals surface area (Å²) in [6, 6.07) is 14.6. The lowest BCUT2D eigenvalue weighted by Gasteiger charge is -2.13. The standard InChI is InChI=1S/C20H20N2O4/c1-24-15-8-10-16-13(11-15)7-9-17(22-16)20(23)21-12-14-5-4-6-18(25-2)19(14)26-3/h4-11H,12H2,1-3H3,(H,21,23). The van der Waals surface area contributed by atoms with E-state index in [1.54, 1.807) is 27.4 Å². The molecule has 0 atom stereocenters. The molecule has 0 aliphatic rings. The molecule has 2 aromatic carbocycles. The average Bonchev–Trinajstić information content (AvgIpc) is 2.70. The highest BCUT2D eigenvalue weighted by molar-refractivity contribution is 5.95. The Morgan fingerprint density at radius 3 is 2.58 bits per heavy atom. The highest BCUT2D eigenvalue weighted by Gasteiger charge is 2.12. The number of hydrogen-bond donors (Lipinski definition) is 1. The number of nitrogens with one attached hydrogen (secondary N) is 1. The molecule has 6 heteroatoms. The first-order valence-corrected chi connectivity index (χ1v) is 8.09. The topological polar surface area (TPSA) is 69.7 Å². The van der Waals surface area contributed by atoms with Gasteiger partial charge in [0.15, 0.2) is 11.5 Å². The maximum Gasteiger partial charge on any atom is 0.270 e. The summed E-state index contributed by atoms with van der Waals surface area (Å²) in [4.78, 5) is 16.9. The number of benzene rings is 2. The van der Waals surface area contributed by atoms with Crippen molar-refractivity contribution in [2.24, 2.45) is 0 Å². The van der Waals surface area contributed by atoms with Crippen LogP contribution in [0.25, 0.3) is 10.9 Å². The number of ether oxygens (including phenoxy) is 3. The van der Waals surface area contributed by atoms with Gasteiger partial charge in [0.2, 0.25) is 0 Å². The number of carbonyl (C=O) groups is 1. The van der Waals surface area contributed by atoms with Crippen LogP contribution in [0.5, 0.6) is 17.2 Å². The van der Waals surface area contributed by atoms with Crippen LogP contribution in [-0.2, 0) is 6.54 Å². The third-order valence-corrected chi connectivity index (χ3v) is 4.05. The van der Waals surface area contributed by atoms with E-state index in [2.05, 4.69) is 10.3 Å². The molecule has 0 fully saturated rings. The molecule has 26 heavy (non-hydrogen) atoms. The van der Waals surface area contributed by atoms with Crippen molar-refractivity contribution in [1.29, 1.82) is 0 Å². The van der Waals surface area contributed by atoms with E-state index in [-0.39, 0.29) is 5.91 Å². The Kier molecular flexibility index (Phi) is 5.22. The number of para-hydroxylation sites is 1. The molecule has 0 unspecified atom stereocenters. The fraction of sp³-hybridized carbons (Fsp3) is 0.200. The summed E-state index contributed by atoms with van der Waals surface area (Å²) >= 11 is 0. The number of rotatable bonds is 6. The van der Waals surface area contributed by atoms with Crippen molar-refractivity contribution in [2.75, 3.05) is 21.3 Å². The minimum absolute atomic E-state index is 0.257. The molecule has 0 radical (unpaired) electrons. The van der Waals surface area contributed by atoms with Crippen LogP contribution < -0.4 is 19.5 Å². The summed E-state index contributed by atoms with van der Waals surface area (Å²) in [6.07, 6.45) is 0. The van der Waals surface area contributed by atoms with Crippen molar-refractivity contribution in [2.45, 2.75) is 6.54 Å². The van der Waals surface area contributed by atoms with E-state index in [0.717, 1.165) is 22.2 Å². The molecule has 1 heterocycles. The van der Waals surface area contributed by atoms with Gasteiger partial charge in [0.05, 0.1) is 26.8 Å². The largest absolute Gasteiger partial charge is 0.497 e. The number of aromatic nitrogens is 1. The van der Waals surface area contributed by atoms with E-state index >= 15 is 0 Å². The molecule has 1 aromatic heterocycles. The molecule has 1 N–H and O–H groups in total. The second-order valence-electron chi connectivity index (χ2n) is 5.59. The SMILES string of the molecule is COc1ccc2nc(C(=O)NCc3cccc(OC)c3OC)ccc2c1. The van der Waals surface area contributed by atoms with Crippen LogP contribution in [0.1, 0.15) is 16.1 Å². The first-order valence-electron chi connectivity index (χ1n) is 8.09. The molecule has 134 valence electrons. The average molecular weight is 352 g/mol. The van der Waals surface area contributed by atoms with E-state index < -0.39 is 0 Å². The van der Waals surface area contributed by atoms with Crippen molar-refractivity contribution in [3.05, 3.63) is 59.8 Å². The summed E-state index contributed by atoms with van der Waals surface area (Å²) < 4.78 is 15.9. The van der Waals surface area contributed by atoms with Crippen LogP contribution in [0.2, 0.25) is 0 Å². The predicted octanol–water partition coefficient (Wildman–Crippen LogP) is 3.19. The fourth-order valence-electron chi connectivity index (χ4n) is 2.72. The van der Waals surface area contributed by atoms with Crippen molar-refractivity contribution in [3.8, 4) is 17.2 Å². The van der Waals surface area contributed by atoms with Crippen molar-refractivity contribution in [3.63, 3.8) is 0 Å². The number of amides is 1. The quantitative estimate of drug-likeness (QED) is 0.738. The Balaban J connectivity index is 1.77. The molecule has 1 amide bonds. The lowest BCUT2D eigenvalue weighted by molar-refractivity contribution is 0.0946. The smallest absolute Gasteiger partial charge is 0.270 e. The molecule has 0 aliphatic heterocycles. The zero-order valence-electron chi connectivity index (χ0n) is 14.9. The maximum absolute atomic E-state index is 12.5. The third-order valence-electron chi connectivity index (χ3n) is 4.05. The van der Waals surface area contributed by atoms with E-state index in [4.69, 9.17) is 14.2 Å². The van der Waals surface area contributed by atoms with Gasteiger partial charge < -0.3 is 19.5 Å². The second kappa shape index (κ2) is 7.74. The molecule has 0 bridgehead atoms. The van der Waals surface area contributed by atoms with Crippen LogP contribution in [-0.4, -0.2) is 32.2 Å². The van der Waals surface area contributed by atoms with E-state index in [0.29, 0.717) is 23.7 Å². The summed E-state index contributed by atoms with van der Waals surface area (Å²) in [5.74, 6) is 1.72. The van der Waals surface area contributed by atoms with Gasteiger partial charge in [-0.2, -0.15) is 0 Å². The van der Waals surface area contributed by atoms with Gasteiger partial charge in [-0.25, -0.2) is 4.98 Å². The summed E-state index contributed by atoms with van der Waals surface area (Å²) in [5.41, 5.74) is 1.91. The second-order valence-corrected chi connectivity index (χ2v) is 5.59. The Bertz CT molecular complexity index is 940. The van der Waals surface area contributed by atoms with Gasteiger partial charge >= 0.3 is 0 Å². The first kappa shape index (κ1) is 17.5. The van der Waals surface area contributed by atoms with Gasteiger partial charge in [-0.1, -0.05) is 18.2 Å². The lowest BCUT2D eigenvalue weighted by Crippen LogP contribution is -2.24. The Morgan fingerprint density at radius 1 is 1.00 bits per heavy atom. The van der Waals surface area contributed by atoms with Crippen molar-refractivity contribution < 1.29 is 19.0 Å². The van der Waals surface area contributed by atoms with Crippen LogP contribution in [0.15, 0.2) is 48.5 Å². The number of methoxy groups -OCH3 is 3. The summed E-state index contributed by atoms with van der Waals surface area (Å²) in [6.45, 7) is 0.307. The van der Waals surface area contributed by atoms with Gasteiger partial charge in [-0.15, -0.1) is 0 Å². The third kappa shape index (κ3) is 3.54. The molecule has 0 spiro atoms. The van der Waals surface area contributed by atoms with Crippen LogP contribution in [0.3, 0.4) is 0 Å². The number of fused-ring (bicyclic) bond motifs is 1. The molecule has 3 rings (SSSR count). The number of nitrogens with zero attached hydrogens (tertiary/aromatic N) is 1. The van der Waals surface area contributed by atoms with E-state index in [1.807, 2.05) is 42.5 Å². The number of carbonyl (C=O) groups excluding carboxylic acids is 1. The van der Waals surface area contributed by atoms with Gasteiger partial charge in [0.1, 0.15) is 11.4 Å². The first-order chi connectivity index (χ1) is 12.7. The molecule has 6 nitrogen and oxygen atoms in total. The van der Waals surface area contributed by atoms with E-state index in [9.17, 15) is 4.79 Å². The fourth-order valence-corrected chi connectivity index (χ4v) is 2.72. The minimum atomic E-state index is -0.257. The maximum atomic E-state index is 12.5. The minimum Gasteiger partial charge on any atom is -0.497 e. The monoisotopic (exact) mass is 352 g/mol. The normalized spacial score (nSPS) is 10.4. The van der Waals surface area contributed by atoms with Gasteiger partial charge in [0.25, 0.3) is 5.91 Å². The zero-order valence-corrected chi connectivity index (χ0v) is 14.9. The predicted molar refractivity (Wildman–Crippen MR) is 99.0 cm³/mol. The van der Waals surface area contributed by atoms with Gasteiger partial charge in [0, 0.05) is 17.5 Å². The van der Waals surface area contributed by atoms with Crippen LogP contribution >= 0.6 is 0 Å². The van der Waals surface area contributed by atoms with Gasteiger partial charge in [-0.3, -0.25) is 4.79 Å². The highest BCUT2D eigenvalue weighted by atomic mass is 16.5. The summed E-state index contributed by atoms with van der Waals surface area (Å²) in [5, 5.41) is 3.78. The Labute approximate surface area is 151 Å².